The van der Waals surface area contributed by atoms with Gasteiger partial charge in [-0.15, -0.1) is 0 Å². The Hall–Kier alpha value is -0.960. The molecule has 0 saturated heterocycles. The van der Waals surface area contributed by atoms with E-state index in [9.17, 15) is 17.6 Å². The number of hydrogen-bond donors (Lipinski definition) is 1. The van der Waals surface area contributed by atoms with E-state index in [-0.39, 0.29) is 11.6 Å². The number of halogens is 5. The van der Waals surface area contributed by atoms with Gasteiger partial charge in [-0.25, -0.2) is 18.7 Å². The first kappa shape index (κ1) is 18.1. The smallest absolute Gasteiger partial charge is 0.330 e. The van der Waals surface area contributed by atoms with Gasteiger partial charge in [0.05, 0.1) is 10.2 Å². The van der Waals surface area contributed by atoms with Crippen LogP contribution in [0, 0.1) is 5.92 Å². The van der Waals surface area contributed by atoms with E-state index in [4.69, 9.17) is 5.73 Å². The molecule has 9 heteroatoms. The average molecular weight is 374 g/mol. The normalized spacial score (nSPS) is 12.4. The largest absolute Gasteiger partial charge is 0.383 e. The van der Waals surface area contributed by atoms with Crippen LogP contribution in [-0.4, -0.2) is 28.9 Å². The minimum atomic E-state index is -4.19. The van der Waals surface area contributed by atoms with Crippen LogP contribution in [0.4, 0.5) is 23.4 Å². The zero-order valence-corrected chi connectivity index (χ0v) is 13.1. The van der Waals surface area contributed by atoms with Crippen LogP contribution in [0.1, 0.15) is 25.4 Å². The number of nitrogens with zero attached hydrogens (tertiary/aromatic N) is 2. The van der Waals surface area contributed by atoms with Crippen LogP contribution in [0.3, 0.4) is 0 Å². The first-order valence-corrected chi connectivity index (χ1v) is 6.97. The highest BCUT2D eigenvalue weighted by atomic mass is 79.9. The molecule has 0 bridgehead atoms. The second kappa shape index (κ2) is 7.35. The van der Waals surface area contributed by atoms with Gasteiger partial charge in [0.15, 0.2) is 5.82 Å². The molecule has 0 amide bonds. The van der Waals surface area contributed by atoms with Gasteiger partial charge in [-0.05, 0) is 28.3 Å². The molecular weight excluding hydrogens is 358 g/mol. The molecule has 120 valence electrons. The lowest BCUT2D eigenvalue weighted by Crippen LogP contribution is -2.32. The topological polar surface area (TPSA) is 61.0 Å². The molecule has 0 unspecified atom stereocenters. The van der Waals surface area contributed by atoms with Gasteiger partial charge in [-0.2, -0.15) is 8.78 Å². The average Bonchev–Trinajstić information content (AvgIpc) is 2.34. The Labute approximate surface area is 128 Å². The molecule has 0 spiro atoms. The number of nitrogens with two attached hydrogens (primary N) is 1. The highest BCUT2D eigenvalue weighted by Crippen LogP contribution is 2.25. The summed E-state index contributed by atoms with van der Waals surface area (Å²) in [7, 11) is 0. The van der Waals surface area contributed by atoms with Crippen LogP contribution in [-0.2, 0) is 17.8 Å². The van der Waals surface area contributed by atoms with E-state index in [1.807, 2.05) is 13.8 Å². The van der Waals surface area contributed by atoms with Gasteiger partial charge in [0.2, 0.25) is 0 Å². The molecule has 0 aliphatic rings. The number of ether oxygens (including phenoxy) is 1. The fourth-order valence-electron chi connectivity index (χ4n) is 1.49. The zero-order chi connectivity index (χ0) is 16.2. The van der Waals surface area contributed by atoms with Crippen molar-refractivity contribution in [2.24, 2.45) is 5.92 Å². The number of alkyl halides is 4. The standard InChI is InChI=1S/C12H16BrF4N3O/c1-6(2)3-7-9(13)10(18)20-8(19-7)4-21-5-12(16,17)11(14)15/h6,11H,3-5H2,1-2H3,(H2,18,19,20). The van der Waals surface area contributed by atoms with E-state index in [2.05, 4.69) is 30.6 Å². The van der Waals surface area contributed by atoms with Crippen molar-refractivity contribution in [1.82, 2.24) is 9.97 Å². The maximum absolute atomic E-state index is 12.7. The predicted molar refractivity (Wildman–Crippen MR) is 73.3 cm³/mol. The number of aromatic nitrogens is 2. The summed E-state index contributed by atoms with van der Waals surface area (Å²) in [6.07, 6.45) is -3.17. The van der Waals surface area contributed by atoms with Gasteiger partial charge in [-0.3, -0.25) is 0 Å². The summed E-state index contributed by atoms with van der Waals surface area (Å²) in [5.74, 6) is -3.66. The van der Waals surface area contributed by atoms with Crippen molar-refractivity contribution in [1.29, 1.82) is 0 Å². The Bertz CT molecular complexity index is 486. The third kappa shape index (κ3) is 5.39. The minimum absolute atomic E-state index is 0.0800. The summed E-state index contributed by atoms with van der Waals surface area (Å²) in [5, 5.41) is 0. The Kier molecular flexibility index (Phi) is 6.33. The molecule has 0 atom stereocenters. The highest BCUT2D eigenvalue weighted by Gasteiger charge is 2.41. The van der Waals surface area contributed by atoms with Crippen LogP contribution < -0.4 is 5.73 Å². The number of anilines is 1. The predicted octanol–water partition coefficient (Wildman–Crippen LogP) is 3.44. The monoisotopic (exact) mass is 373 g/mol. The Morgan fingerprint density at radius 1 is 1.29 bits per heavy atom. The second-order valence-corrected chi connectivity index (χ2v) is 5.73. The van der Waals surface area contributed by atoms with Crippen LogP contribution in [0.25, 0.3) is 0 Å². The van der Waals surface area contributed by atoms with E-state index in [1.165, 1.54) is 0 Å². The lowest BCUT2D eigenvalue weighted by molar-refractivity contribution is -0.168. The Balaban J connectivity index is 2.74. The molecule has 21 heavy (non-hydrogen) atoms. The summed E-state index contributed by atoms with van der Waals surface area (Å²) in [6, 6.07) is 0. The van der Waals surface area contributed by atoms with Crippen molar-refractivity contribution in [3.8, 4) is 0 Å². The maximum atomic E-state index is 12.7. The fourth-order valence-corrected chi connectivity index (χ4v) is 1.83. The summed E-state index contributed by atoms with van der Waals surface area (Å²) in [4.78, 5) is 8.01. The summed E-state index contributed by atoms with van der Waals surface area (Å²) >= 11 is 3.25. The van der Waals surface area contributed by atoms with Crippen molar-refractivity contribution in [3.63, 3.8) is 0 Å². The maximum Gasteiger partial charge on any atom is 0.330 e. The molecule has 0 aliphatic carbocycles. The van der Waals surface area contributed by atoms with Gasteiger partial charge < -0.3 is 10.5 Å². The van der Waals surface area contributed by atoms with Gasteiger partial charge in [-0.1, -0.05) is 13.8 Å². The third-order valence-corrected chi connectivity index (χ3v) is 3.30. The molecule has 1 rings (SSSR count). The molecule has 1 heterocycles. The number of rotatable bonds is 7. The second-order valence-electron chi connectivity index (χ2n) is 4.94. The molecule has 0 aromatic carbocycles. The van der Waals surface area contributed by atoms with Crippen LogP contribution >= 0.6 is 15.9 Å². The molecule has 0 aliphatic heterocycles. The Morgan fingerprint density at radius 3 is 2.43 bits per heavy atom. The molecule has 0 radical (unpaired) electrons. The quantitative estimate of drug-likeness (QED) is 0.743. The molecule has 2 N–H and O–H groups in total. The summed E-state index contributed by atoms with van der Waals surface area (Å²) in [6.45, 7) is 2.14. The van der Waals surface area contributed by atoms with Gasteiger partial charge in [0.1, 0.15) is 19.0 Å². The van der Waals surface area contributed by atoms with Gasteiger partial charge in [0, 0.05) is 0 Å². The highest BCUT2D eigenvalue weighted by molar-refractivity contribution is 9.10. The Morgan fingerprint density at radius 2 is 1.90 bits per heavy atom. The molecule has 0 fully saturated rings. The van der Waals surface area contributed by atoms with E-state index in [1.54, 1.807) is 0 Å². The number of hydrogen-bond acceptors (Lipinski definition) is 4. The van der Waals surface area contributed by atoms with Gasteiger partial charge in [0.25, 0.3) is 0 Å². The van der Waals surface area contributed by atoms with E-state index >= 15 is 0 Å². The van der Waals surface area contributed by atoms with Crippen molar-refractivity contribution in [3.05, 3.63) is 16.0 Å². The molecule has 4 nitrogen and oxygen atoms in total. The lowest BCUT2D eigenvalue weighted by Gasteiger charge is -2.15. The first-order valence-electron chi connectivity index (χ1n) is 6.18. The lowest BCUT2D eigenvalue weighted by atomic mass is 10.1. The zero-order valence-electron chi connectivity index (χ0n) is 11.5. The van der Waals surface area contributed by atoms with Crippen molar-refractivity contribution >= 4 is 21.7 Å². The summed E-state index contributed by atoms with van der Waals surface area (Å²) < 4.78 is 54.5. The molecule has 1 aromatic rings. The van der Waals surface area contributed by atoms with E-state index in [0.29, 0.717) is 22.5 Å². The van der Waals surface area contributed by atoms with Crippen LogP contribution in [0.5, 0.6) is 0 Å². The number of nitrogen functional groups attached to an aromatic ring is 1. The van der Waals surface area contributed by atoms with Crippen molar-refractivity contribution in [2.75, 3.05) is 12.3 Å². The van der Waals surface area contributed by atoms with E-state index in [0.717, 1.165) is 0 Å². The molecule has 0 saturated carbocycles. The molecular formula is C12H16BrF4N3O. The SMILES string of the molecule is CC(C)Cc1nc(COCC(F)(F)C(F)F)nc(N)c1Br. The van der Waals surface area contributed by atoms with Crippen molar-refractivity contribution < 1.29 is 22.3 Å². The first-order chi connectivity index (χ1) is 9.63. The summed E-state index contributed by atoms with van der Waals surface area (Å²) in [5.41, 5.74) is 6.30. The third-order valence-electron chi connectivity index (χ3n) is 2.44. The van der Waals surface area contributed by atoms with Crippen LogP contribution in [0.2, 0.25) is 0 Å². The molecule has 1 aromatic heterocycles. The van der Waals surface area contributed by atoms with E-state index < -0.39 is 25.6 Å². The minimum Gasteiger partial charge on any atom is -0.383 e. The fraction of sp³-hybridized carbons (Fsp3) is 0.667. The van der Waals surface area contributed by atoms with Crippen LogP contribution in [0.15, 0.2) is 4.47 Å². The van der Waals surface area contributed by atoms with Gasteiger partial charge >= 0.3 is 12.3 Å². The van der Waals surface area contributed by atoms with Crippen molar-refractivity contribution in [2.45, 2.75) is 39.2 Å².